The molecule has 0 spiro atoms. The van der Waals surface area contributed by atoms with Crippen molar-refractivity contribution in [2.24, 2.45) is 0 Å². The van der Waals surface area contributed by atoms with E-state index in [1.54, 1.807) is 10.5 Å². The summed E-state index contributed by atoms with van der Waals surface area (Å²) in [5, 5.41) is 6.54. The molecule has 2 fully saturated rings. The maximum absolute atomic E-state index is 12.5. The fourth-order valence-corrected chi connectivity index (χ4v) is 4.76. The molecule has 150 valence electrons. The van der Waals surface area contributed by atoms with Crippen LogP contribution in [0.25, 0.3) is 0 Å². The summed E-state index contributed by atoms with van der Waals surface area (Å²) in [6.07, 6.45) is 4.07. The molecule has 27 heavy (non-hydrogen) atoms. The van der Waals surface area contributed by atoms with Gasteiger partial charge in [0.05, 0.1) is 11.9 Å². The average Bonchev–Trinajstić information content (AvgIpc) is 3.21. The molecule has 1 atom stereocenters. The van der Waals surface area contributed by atoms with E-state index in [4.69, 9.17) is 17.0 Å². The Bertz CT molecular complexity index is 703. The smallest absolute Gasteiger partial charge is 0.215 e. The molecular weight excluding hydrogens is 386 g/mol. The lowest BCUT2D eigenvalue weighted by molar-refractivity contribution is 0.114. The zero-order valence-electron chi connectivity index (χ0n) is 15.3. The monoisotopic (exact) mass is 413 g/mol. The number of anilines is 1. The van der Waals surface area contributed by atoms with Crippen molar-refractivity contribution in [3.05, 3.63) is 24.4 Å². The van der Waals surface area contributed by atoms with Crippen LogP contribution in [0.4, 0.5) is 5.82 Å². The Hall–Kier alpha value is -1.49. The fourth-order valence-electron chi connectivity index (χ4n) is 3.23. The molecule has 3 rings (SSSR count). The highest BCUT2D eigenvalue weighted by Gasteiger charge is 2.27. The maximum atomic E-state index is 12.5. The van der Waals surface area contributed by atoms with Gasteiger partial charge in [-0.15, -0.1) is 0 Å². The van der Waals surface area contributed by atoms with Crippen molar-refractivity contribution in [2.45, 2.75) is 18.9 Å². The zero-order chi connectivity index (χ0) is 19.1. The number of piperazine rings is 1. The number of nitrogens with zero attached hydrogens (tertiary/aromatic N) is 3. The van der Waals surface area contributed by atoms with Gasteiger partial charge in [0.1, 0.15) is 5.82 Å². The zero-order valence-corrected chi connectivity index (χ0v) is 17.0. The standard InChI is InChI=1S/C17H27N5O3S2/c23-27(24,13-7-19-17(26)20-14-15-4-3-12-25-15)22-10-8-21(9-11-22)16-5-1-2-6-18-16/h1-2,5-6,15H,3-4,7-14H2,(H2,19,20,26). The molecule has 2 aliphatic heterocycles. The number of ether oxygens (including phenoxy) is 1. The minimum absolute atomic E-state index is 0.0261. The lowest BCUT2D eigenvalue weighted by atomic mass is 10.2. The molecule has 1 aromatic rings. The molecule has 1 aromatic heterocycles. The fraction of sp³-hybridized carbons (Fsp3) is 0.647. The maximum Gasteiger partial charge on any atom is 0.215 e. The summed E-state index contributed by atoms with van der Waals surface area (Å²) >= 11 is 5.20. The summed E-state index contributed by atoms with van der Waals surface area (Å²) < 4.78 is 32.2. The summed E-state index contributed by atoms with van der Waals surface area (Å²) in [5.41, 5.74) is 0. The van der Waals surface area contributed by atoms with Crippen LogP contribution in [0, 0.1) is 0 Å². The molecule has 0 radical (unpaired) electrons. The van der Waals surface area contributed by atoms with E-state index in [1.165, 1.54) is 0 Å². The van der Waals surface area contributed by atoms with E-state index in [0.717, 1.165) is 25.3 Å². The highest BCUT2D eigenvalue weighted by atomic mass is 32.2. The minimum Gasteiger partial charge on any atom is -0.376 e. The van der Waals surface area contributed by atoms with Gasteiger partial charge in [-0.2, -0.15) is 4.31 Å². The summed E-state index contributed by atoms with van der Waals surface area (Å²) in [6, 6.07) is 5.75. The third-order valence-electron chi connectivity index (χ3n) is 4.77. The number of thiocarbonyl (C=S) groups is 1. The van der Waals surface area contributed by atoms with Crippen LogP contribution in [-0.4, -0.2) is 80.6 Å². The van der Waals surface area contributed by atoms with Crippen LogP contribution in [0.5, 0.6) is 0 Å². The predicted octanol–water partition coefficient (Wildman–Crippen LogP) is 0.177. The highest BCUT2D eigenvalue weighted by molar-refractivity contribution is 7.89. The number of hydrogen-bond acceptors (Lipinski definition) is 6. The molecule has 3 heterocycles. The van der Waals surface area contributed by atoms with E-state index in [2.05, 4.69) is 20.5 Å². The summed E-state index contributed by atoms with van der Waals surface area (Å²) in [4.78, 5) is 6.43. The van der Waals surface area contributed by atoms with E-state index in [-0.39, 0.29) is 11.9 Å². The van der Waals surface area contributed by atoms with Crippen LogP contribution in [0.1, 0.15) is 12.8 Å². The first-order valence-corrected chi connectivity index (χ1v) is 11.3. The van der Waals surface area contributed by atoms with Gasteiger partial charge in [-0.25, -0.2) is 13.4 Å². The summed E-state index contributed by atoms with van der Waals surface area (Å²) in [5.74, 6) is 0.914. The number of nitrogens with one attached hydrogen (secondary N) is 2. The number of rotatable bonds is 7. The predicted molar refractivity (Wildman–Crippen MR) is 109 cm³/mol. The van der Waals surface area contributed by atoms with Gasteiger partial charge in [0.15, 0.2) is 5.11 Å². The lowest BCUT2D eigenvalue weighted by Gasteiger charge is -2.34. The molecule has 2 N–H and O–H groups in total. The molecule has 0 aliphatic carbocycles. The number of pyridine rings is 1. The van der Waals surface area contributed by atoms with Gasteiger partial charge < -0.3 is 20.3 Å². The van der Waals surface area contributed by atoms with Gasteiger partial charge in [-0.05, 0) is 37.2 Å². The van der Waals surface area contributed by atoms with Crippen molar-refractivity contribution < 1.29 is 13.2 Å². The quantitative estimate of drug-likeness (QED) is 0.612. The highest BCUT2D eigenvalue weighted by Crippen LogP contribution is 2.14. The second-order valence-corrected chi connectivity index (χ2v) is 9.16. The van der Waals surface area contributed by atoms with Gasteiger partial charge >= 0.3 is 0 Å². The number of sulfonamides is 1. The van der Waals surface area contributed by atoms with E-state index in [9.17, 15) is 8.42 Å². The van der Waals surface area contributed by atoms with Crippen LogP contribution in [0.3, 0.4) is 0 Å². The van der Waals surface area contributed by atoms with Crippen LogP contribution >= 0.6 is 12.2 Å². The van der Waals surface area contributed by atoms with Crippen molar-refractivity contribution in [1.29, 1.82) is 0 Å². The molecular formula is C17H27N5O3S2. The molecule has 2 saturated heterocycles. The Morgan fingerprint density at radius 3 is 2.74 bits per heavy atom. The van der Waals surface area contributed by atoms with Crippen molar-refractivity contribution in [2.75, 3.05) is 56.5 Å². The molecule has 8 nitrogen and oxygen atoms in total. The molecule has 0 aromatic carbocycles. The SMILES string of the molecule is O=S(=O)(CCNC(=S)NCC1CCCO1)N1CCN(c2ccccn2)CC1. The molecule has 1 unspecified atom stereocenters. The largest absolute Gasteiger partial charge is 0.376 e. The minimum atomic E-state index is -3.30. The first-order valence-electron chi connectivity index (χ1n) is 9.32. The Morgan fingerprint density at radius 2 is 2.07 bits per heavy atom. The Kier molecular flexibility index (Phi) is 7.22. The van der Waals surface area contributed by atoms with E-state index in [1.807, 2.05) is 18.2 Å². The van der Waals surface area contributed by atoms with Gasteiger partial charge in [0.2, 0.25) is 10.0 Å². The first kappa shape index (κ1) is 20.2. The van der Waals surface area contributed by atoms with E-state index in [0.29, 0.717) is 44.4 Å². The van der Waals surface area contributed by atoms with Crippen LogP contribution in [0.15, 0.2) is 24.4 Å². The van der Waals surface area contributed by atoms with Crippen molar-refractivity contribution in [3.8, 4) is 0 Å². The average molecular weight is 414 g/mol. The summed E-state index contributed by atoms with van der Waals surface area (Å²) in [7, 11) is -3.30. The third kappa shape index (κ3) is 6.00. The molecule has 0 bridgehead atoms. The van der Waals surface area contributed by atoms with Crippen LogP contribution < -0.4 is 15.5 Å². The van der Waals surface area contributed by atoms with Crippen LogP contribution in [0.2, 0.25) is 0 Å². The number of aromatic nitrogens is 1. The Labute approximate surface area is 166 Å². The molecule has 2 aliphatic rings. The van der Waals surface area contributed by atoms with Crippen LogP contribution in [-0.2, 0) is 14.8 Å². The van der Waals surface area contributed by atoms with Gasteiger partial charge in [-0.3, -0.25) is 0 Å². The topological polar surface area (TPSA) is 86.8 Å². The normalized spacial score (nSPS) is 21.2. The first-order chi connectivity index (χ1) is 13.0. The van der Waals surface area contributed by atoms with E-state index >= 15 is 0 Å². The second kappa shape index (κ2) is 9.63. The number of hydrogen-bond donors (Lipinski definition) is 2. The second-order valence-electron chi connectivity index (χ2n) is 6.66. The molecule has 10 heteroatoms. The Balaban J connectivity index is 1.36. The Morgan fingerprint density at radius 1 is 1.26 bits per heavy atom. The van der Waals surface area contributed by atoms with Gasteiger partial charge in [0.25, 0.3) is 0 Å². The van der Waals surface area contributed by atoms with Crippen molar-refractivity contribution >= 4 is 33.2 Å². The lowest BCUT2D eigenvalue weighted by Crippen LogP contribution is -2.50. The van der Waals surface area contributed by atoms with E-state index < -0.39 is 10.0 Å². The molecule has 0 saturated carbocycles. The van der Waals surface area contributed by atoms with Gasteiger partial charge in [0, 0.05) is 52.1 Å². The van der Waals surface area contributed by atoms with Crippen molar-refractivity contribution in [1.82, 2.24) is 19.9 Å². The van der Waals surface area contributed by atoms with Gasteiger partial charge in [-0.1, -0.05) is 6.07 Å². The third-order valence-corrected chi connectivity index (χ3v) is 6.93. The molecule has 0 amide bonds. The van der Waals surface area contributed by atoms with Crippen molar-refractivity contribution in [3.63, 3.8) is 0 Å². The summed E-state index contributed by atoms with van der Waals surface area (Å²) in [6.45, 7) is 3.99.